The number of nitrogens with zero attached hydrogens (tertiary/aromatic N) is 1. The normalized spacial score (nSPS) is 20.4. The molecule has 1 aromatic carbocycles. The molecule has 20 heavy (non-hydrogen) atoms. The lowest BCUT2D eigenvalue weighted by Crippen LogP contribution is -2.50. The Labute approximate surface area is 122 Å². The van der Waals surface area contributed by atoms with E-state index in [-0.39, 0.29) is 18.0 Å². The summed E-state index contributed by atoms with van der Waals surface area (Å²) in [6.45, 7) is 5.97. The lowest BCUT2D eigenvalue weighted by Gasteiger charge is -2.34. The molecule has 1 heterocycles. The number of rotatable bonds is 5. The summed E-state index contributed by atoms with van der Waals surface area (Å²) in [6.07, 6.45) is 4.31. The van der Waals surface area contributed by atoms with Gasteiger partial charge in [-0.1, -0.05) is 43.7 Å². The molecule has 0 spiro atoms. The monoisotopic (exact) mass is 274 g/mol. The van der Waals surface area contributed by atoms with Gasteiger partial charge in [-0.15, -0.1) is 0 Å². The summed E-state index contributed by atoms with van der Waals surface area (Å²) in [5, 5.41) is 3.37. The van der Waals surface area contributed by atoms with Gasteiger partial charge in [-0.3, -0.25) is 4.79 Å². The number of amides is 1. The van der Waals surface area contributed by atoms with Crippen molar-refractivity contribution in [3.63, 3.8) is 0 Å². The van der Waals surface area contributed by atoms with Crippen LogP contribution in [0.15, 0.2) is 30.3 Å². The third-order valence-corrected chi connectivity index (χ3v) is 4.21. The molecule has 110 valence electrons. The second kappa shape index (κ2) is 7.44. The van der Waals surface area contributed by atoms with Crippen molar-refractivity contribution < 1.29 is 4.79 Å². The maximum Gasteiger partial charge on any atom is 0.240 e. The van der Waals surface area contributed by atoms with Crippen LogP contribution in [0.2, 0.25) is 0 Å². The molecule has 1 amide bonds. The van der Waals surface area contributed by atoms with Gasteiger partial charge in [-0.2, -0.15) is 0 Å². The Balaban J connectivity index is 2.08. The van der Waals surface area contributed by atoms with Crippen molar-refractivity contribution in [2.24, 2.45) is 0 Å². The number of hydrogen-bond acceptors (Lipinski definition) is 2. The smallest absolute Gasteiger partial charge is 0.240 e. The van der Waals surface area contributed by atoms with Crippen molar-refractivity contribution in [1.82, 2.24) is 10.2 Å². The van der Waals surface area contributed by atoms with E-state index in [0.717, 1.165) is 25.8 Å². The van der Waals surface area contributed by atoms with Crippen LogP contribution in [0, 0.1) is 0 Å². The van der Waals surface area contributed by atoms with E-state index in [1.807, 2.05) is 23.1 Å². The van der Waals surface area contributed by atoms with E-state index in [9.17, 15) is 4.79 Å². The summed E-state index contributed by atoms with van der Waals surface area (Å²) in [7, 11) is 0. The summed E-state index contributed by atoms with van der Waals surface area (Å²) in [4.78, 5) is 14.8. The van der Waals surface area contributed by atoms with Gasteiger partial charge in [0.05, 0.1) is 6.04 Å². The van der Waals surface area contributed by atoms with Crippen LogP contribution < -0.4 is 5.32 Å². The first-order chi connectivity index (χ1) is 9.72. The molecule has 2 rings (SSSR count). The van der Waals surface area contributed by atoms with Crippen LogP contribution in [-0.2, 0) is 11.3 Å². The van der Waals surface area contributed by atoms with E-state index in [1.54, 1.807) is 0 Å². The maximum atomic E-state index is 12.8. The lowest BCUT2D eigenvalue weighted by atomic mass is 10.0. The van der Waals surface area contributed by atoms with Crippen molar-refractivity contribution in [3.8, 4) is 0 Å². The molecule has 1 aromatic rings. The Morgan fingerprint density at radius 1 is 1.35 bits per heavy atom. The number of carbonyl (C=O) groups excluding carboxylic acids is 1. The highest BCUT2D eigenvalue weighted by Crippen LogP contribution is 2.16. The van der Waals surface area contributed by atoms with Crippen molar-refractivity contribution >= 4 is 5.91 Å². The van der Waals surface area contributed by atoms with Crippen LogP contribution in [-0.4, -0.2) is 29.4 Å². The van der Waals surface area contributed by atoms with Crippen molar-refractivity contribution in [3.05, 3.63) is 35.9 Å². The van der Waals surface area contributed by atoms with E-state index < -0.39 is 0 Å². The minimum absolute atomic E-state index is 0.0152. The number of benzene rings is 1. The number of piperidine rings is 1. The summed E-state index contributed by atoms with van der Waals surface area (Å²) >= 11 is 0. The highest BCUT2D eigenvalue weighted by Gasteiger charge is 2.28. The van der Waals surface area contributed by atoms with Gasteiger partial charge < -0.3 is 10.2 Å². The summed E-state index contributed by atoms with van der Waals surface area (Å²) < 4.78 is 0. The van der Waals surface area contributed by atoms with Gasteiger partial charge in [0.15, 0.2) is 0 Å². The molecule has 1 fully saturated rings. The minimum Gasteiger partial charge on any atom is -0.334 e. The Bertz CT molecular complexity index is 412. The van der Waals surface area contributed by atoms with E-state index in [2.05, 4.69) is 31.3 Å². The molecular formula is C17H26N2O. The molecule has 1 aliphatic heterocycles. The van der Waals surface area contributed by atoms with Crippen LogP contribution in [0.5, 0.6) is 0 Å². The molecular weight excluding hydrogens is 248 g/mol. The van der Waals surface area contributed by atoms with E-state index in [0.29, 0.717) is 6.54 Å². The van der Waals surface area contributed by atoms with Crippen molar-refractivity contribution in [2.45, 2.75) is 58.2 Å². The lowest BCUT2D eigenvalue weighted by molar-refractivity contribution is -0.136. The molecule has 3 nitrogen and oxygen atoms in total. The fourth-order valence-corrected chi connectivity index (χ4v) is 2.71. The average molecular weight is 274 g/mol. The fourth-order valence-electron chi connectivity index (χ4n) is 2.71. The summed E-state index contributed by atoms with van der Waals surface area (Å²) in [5.41, 5.74) is 1.21. The zero-order valence-corrected chi connectivity index (χ0v) is 12.6. The predicted octanol–water partition coefficient (Wildman–Crippen LogP) is 2.96. The third kappa shape index (κ3) is 3.83. The molecule has 1 unspecified atom stereocenters. The third-order valence-electron chi connectivity index (χ3n) is 4.21. The van der Waals surface area contributed by atoms with Gasteiger partial charge in [0.2, 0.25) is 5.91 Å². The van der Waals surface area contributed by atoms with Crippen molar-refractivity contribution in [1.29, 1.82) is 0 Å². The molecule has 0 aromatic heterocycles. The molecule has 3 heteroatoms. The molecule has 0 saturated carbocycles. The van der Waals surface area contributed by atoms with Crippen LogP contribution in [0.1, 0.15) is 45.1 Å². The van der Waals surface area contributed by atoms with Gasteiger partial charge in [-0.05, 0) is 38.3 Å². The Morgan fingerprint density at radius 2 is 2.10 bits per heavy atom. The quantitative estimate of drug-likeness (QED) is 0.895. The van der Waals surface area contributed by atoms with Crippen LogP contribution >= 0.6 is 0 Å². The van der Waals surface area contributed by atoms with Gasteiger partial charge in [0.1, 0.15) is 0 Å². The molecule has 1 N–H and O–H groups in total. The maximum absolute atomic E-state index is 12.8. The zero-order valence-electron chi connectivity index (χ0n) is 12.6. The zero-order chi connectivity index (χ0) is 14.4. The highest BCUT2D eigenvalue weighted by molar-refractivity contribution is 5.82. The second-order valence-corrected chi connectivity index (χ2v) is 5.71. The first-order valence-corrected chi connectivity index (χ1v) is 7.80. The SMILES string of the molecule is CCC(C)N(Cc1ccccc1)C(=O)[C@H]1CCCCN1. The number of nitrogens with one attached hydrogen (secondary N) is 1. The highest BCUT2D eigenvalue weighted by atomic mass is 16.2. The molecule has 0 aliphatic carbocycles. The fraction of sp³-hybridized carbons (Fsp3) is 0.588. The summed E-state index contributed by atoms with van der Waals surface area (Å²) in [5.74, 6) is 0.267. The Morgan fingerprint density at radius 3 is 2.70 bits per heavy atom. The van der Waals surface area contributed by atoms with E-state index >= 15 is 0 Å². The molecule has 1 aliphatic rings. The molecule has 0 bridgehead atoms. The van der Waals surface area contributed by atoms with Crippen LogP contribution in [0.25, 0.3) is 0 Å². The Kier molecular flexibility index (Phi) is 5.60. The second-order valence-electron chi connectivity index (χ2n) is 5.71. The first-order valence-electron chi connectivity index (χ1n) is 7.80. The molecule has 0 radical (unpaired) electrons. The van der Waals surface area contributed by atoms with Gasteiger partial charge in [0, 0.05) is 12.6 Å². The van der Waals surface area contributed by atoms with Crippen LogP contribution in [0.3, 0.4) is 0 Å². The van der Waals surface area contributed by atoms with Gasteiger partial charge in [-0.25, -0.2) is 0 Å². The van der Waals surface area contributed by atoms with E-state index in [4.69, 9.17) is 0 Å². The standard InChI is InChI=1S/C17H26N2O/c1-3-14(2)19(13-15-9-5-4-6-10-15)17(20)16-11-7-8-12-18-16/h4-6,9-10,14,16,18H,3,7-8,11-13H2,1-2H3/t14?,16-/m1/s1. The largest absolute Gasteiger partial charge is 0.334 e. The molecule has 1 saturated heterocycles. The first kappa shape index (κ1) is 15.0. The average Bonchev–Trinajstić information content (AvgIpc) is 2.53. The predicted molar refractivity (Wildman–Crippen MR) is 82.4 cm³/mol. The number of carbonyl (C=O) groups is 1. The van der Waals surface area contributed by atoms with Gasteiger partial charge in [0.25, 0.3) is 0 Å². The topological polar surface area (TPSA) is 32.3 Å². The number of hydrogen-bond donors (Lipinski definition) is 1. The van der Waals surface area contributed by atoms with Crippen LogP contribution in [0.4, 0.5) is 0 Å². The minimum atomic E-state index is 0.0152. The van der Waals surface area contributed by atoms with Crippen molar-refractivity contribution in [2.75, 3.05) is 6.54 Å². The van der Waals surface area contributed by atoms with Gasteiger partial charge >= 0.3 is 0 Å². The summed E-state index contributed by atoms with van der Waals surface area (Å²) in [6, 6.07) is 10.6. The van der Waals surface area contributed by atoms with E-state index in [1.165, 1.54) is 12.0 Å². The molecule has 2 atom stereocenters. The Hall–Kier alpha value is -1.35.